The first-order valence-corrected chi connectivity index (χ1v) is 9.71. The third-order valence-electron chi connectivity index (χ3n) is 5.34. The van der Waals surface area contributed by atoms with E-state index in [4.69, 9.17) is 0 Å². The Morgan fingerprint density at radius 2 is 1.93 bits per heavy atom. The second-order valence-electron chi connectivity index (χ2n) is 7.35. The van der Waals surface area contributed by atoms with Crippen LogP contribution in [0.15, 0.2) is 5.38 Å². The van der Waals surface area contributed by atoms with E-state index < -0.39 is 11.9 Å². The van der Waals surface area contributed by atoms with E-state index in [1.165, 1.54) is 0 Å². The maximum Gasteiger partial charge on any atom is 0.434 e. The highest BCUT2D eigenvalue weighted by molar-refractivity contribution is 7.09. The van der Waals surface area contributed by atoms with Gasteiger partial charge in [-0.25, -0.2) is 9.78 Å². The summed E-state index contributed by atoms with van der Waals surface area (Å²) in [7, 11) is 0. The van der Waals surface area contributed by atoms with Crippen molar-refractivity contribution in [3.8, 4) is 0 Å². The van der Waals surface area contributed by atoms with Crippen molar-refractivity contribution in [2.24, 2.45) is 0 Å². The molecule has 148 valence electrons. The van der Waals surface area contributed by atoms with E-state index in [-0.39, 0.29) is 17.5 Å². The third kappa shape index (κ3) is 3.75. The number of likely N-dealkylation sites (tertiary alicyclic amines) is 1. The fourth-order valence-corrected chi connectivity index (χ4v) is 4.67. The Kier molecular flexibility index (Phi) is 4.53. The van der Waals surface area contributed by atoms with Gasteiger partial charge in [0.2, 0.25) is 5.91 Å². The molecule has 1 spiro atoms. The summed E-state index contributed by atoms with van der Waals surface area (Å²) in [6, 6.07) is -0.0324. The molecule has 0 aromatic carbocycles. The number of aromatic nitrogens is 1. The zero-order valence-electron chi connectivity index (χ0n) is 14.6. The molecule has 0 atom stereocenters. The maximum absolute atomic E-state index is 12.6. The van der Waals surface area contributed by atoms with Gasteiger partial charge in [0.15, 0.2) is 5.69 Å². The van der Waals surface area contributed by atoms with Gasteiger partial charge in [0.25, 0.3) is 0 Å². The van der Waals surface area contributed by atoms with Crippen molar-refractivity contribution < 1.29 is 22.8 Å². The number of halogens is 3. The van der Waals surface area contributed by atoms with Gasteiger partial charge >= 0.3 is 12.2 Å². The second kappa shape index (κ2) is 6.62. The quantitative estimate of drug-likeness (QED) is 0.810. The number of thiazole rings is 1. The first-order valence-electron chi connectivity index (χ1n) is 8.83. The number of hydrogen-bond acceptors (Lipinski definition) is 5. The summed E-state index contributed by atoms with van der Waals surface area (Å²) in [6.45, 7) is 3.74. The van der Waals surface area contributed by atoms with Crippen LogP contribution in [0, 0.1) is 0 Å². The Hall–Kier alpha value is -1.88. The minimum Gasteiger partial charge on any atom is -0.347 e. The summed E-state index contributed by atoms with van der Waals surface area (Å²) in [4.78, 5) is 33.1. The van der Waals surface area contributed by atoms with Crippen LogP contribution in [0.5, 0.6) is 0 Å². The standard InChI is InChI=1S/C16H20F3N5O2S/c17-16(18,19)11-8-27-13(20-11)7-22-3-5-23(6-4-22)14(26)24-9-15(10-24)2-1-12(25)21-15/h8H,1-7,9-10H2,(H,21,25). The number of rotatable bonds is 2. The molecular weight excluding hydrogens is 383 g/mol. The summed E-state index contributed by atoms with van der Waals surface area (Å²) in [5, 5.41) is 4.43. The molecule has 0 radical (unpaired) electrons. The third-order valence-corrected chi connectivity index (χ3v) is 6.17. The number of carbonyl (C=O) groups excluding carboxylic acids is 2. The number of alkyl halides is 3. The molecule has 3 aliphatic heterocycles. The fourth-order valence-electron chi connectivity index (χ4n) is 3.83. The molecule has 3 saturated heterocycles. The number of urea groups is 1. The Morgan fingerprint density at radius 3 is 2.48 bits per heavy atom. The molecule has 11 heteroatoms. The number of amides is 3. The van der Waals surface area contributed by atoms with Gasteiger partial charge in [-0.3, -0.25) is 9.69 Å². The van der Waals surface area contributed by atoms with Gasteiger partial charge < -0.3 is 15.1 Å². The summed E-state index contributed by atoms with van der Waals surface area (Å²) in [5.41, 5.74) is -1.07. The molecule has 0 saturated carbocycles. The Bertz CT molecular complexity index is 739. The normalized spacial score (nSPS) is 22.9. The highest BCUT2D eigenvalue weighted by Gasteiger charge is 2.50. The highest BCUT2D eigenvalue weighted by atomic mass is 32.1. The lowest BCUT2D eigenvalue weighted by atomic mass is 9.88. The van der Waals surface area contributed by atoms with Gasteiger partial charge in [-0.15, -0.1) is 11.3 Å². The van der Waals surface area contributed by atoms with E-state index in [2.05, 4.69) is 10.3 Å². The zero-order chi connectivity index (χ0) is 19.2. The van der Waals surface area contributed by atoms with Crippen LogP contribution < -0.4 is 5.32 Å². The van der Waals surface area contributed by atoms with Crippen LogP contribution in [-0.2, 0) is 17.5 Å². The summed E-state index contributed by atoms with van der Waals surface area (Å²) < 4.78 is 37.9. The summed E-state index contributed by atoms with van der Waals surface area (Å²) in [5.74, 6) is 0.0478. The fraction of sp³-hybridized carbons (Fsp3) is 0.688. The van der Waals surface area contributed by atoms with Crippen molar-refractivity contribution in [3.63, 3.8) is 0 Å². The topological polar surface area (TPSA) is 68.8 Å². The van der Waals surface area contributed by atoms with Crippen molar-refractivity contribution >= 4 is 23.3 Å². The van der Waals surface area contributed by atoms with Gasteiger partial charge in [-0.1, -0.05) is 0 Å². The minimum atomic E-state index is -4.41. The monoisotopic (exact) mass is 403 g/mol. The van der Waals surface area contributed by atoms with Crippen LogP contribution in [0.1, 0.15) is 23.5 Å². The number of nitrogens with zero attached hydrogens (tertiary/aromatic N) is 4. The van der Waals surface area contributed by atoms with Gasteiger partial charge in [0.1, 0.15) is 5.01 Å². The van der Waals surface area contributed by atoms with Crippen molar-refractivity contribution in [1.29, 1.82) is 0 Å². The molecule has 3 amide bonds. The number of piperazine rings is 1. The molecule has 1 aromatic rings. The van der Waals surface area contributed by atoms with E-state index in [0.29, 0.717) is 57.2 Å². The van der Waals surface area contributed by atoms with Crippen molar-refractivity contribution in [2.75, 3.05) is 39.3 Å². The number of carbonyl (C=O) groups is 2. The first-order chi connectivity index (χ1) is 12.7. The van der Waals surface area contributed by atoms with E-state index in [1.54, 1.807) is 9.80 Å². The molecule has 4 heterocycles. The predicted molar refractivity (Wildman–Crippen MR) is 91.0 cm³/mol. The van der Waals surface area contributed by atoms with Gasteiger partial charge in [0, 0.05) is 51.1 Å². The molecule has 1 aromatic heterocycles. The van der Waals surface area contributed by atoms with Crippen LogP contribution in [0.3, 0.4) is 0 Å². The minimum absolute atomic E-state index is 0.0324. The number of hydrogen-bond donors (Lipinski definition) is 1. The Balaban J connectivity index is 1.24. The lowest BCUT2D eigenvalue weighted by Gasteiger charge is -2.49. The Labute approximate surface area is 158 Å². The average Bonchev–Trinajstić information content (AvgIpc) is 3.20. The lowest BCUT2D eigenvalue weighted by Crippen LogP contribution is -2.70. The second-order valence-corrected chi connectivity index (χ2v) is 8.30. The van der Waals surface area contributed by atoms with Crippen LogP contribution in [0.4, 0.5) is 18.0 Å². The Morgan fingerprint density at radius 1 is 1.22 bits per heavy atom. The zero-order valence-corrected chi connectivity index (χ0v) is 15.4. The summed E-state index contributed by atoms with van der Waals surface area (Å²) in [6.07, 6.45) is -3.11. The molecule has 4 rings (SSSR count). The molecule has 0 unspecified atom stereocenters. The van der Waals surface area contributed by atoms with Crippen molar-refractivity contribution in [1.82, 2.24) is 25.0 Å². The molecule has 0 aliphatic carbocycles. The smallest absolute Gasteiger partial charge is 0.347 e. The van der Waals surface area contributed by atoms with Gasteiger partial charge in [-0.2, -0.15) is 13.2 Å². The van der Waals surface area contributed by atoms with Crippen LogP contribution in [0.2, 0.25) is 0 Å². The van der Waals surface area contributed by atoms with E-state index in [1.807, 2.05) is 4.90 Å². The molecule has 27 heavy (non-hydrogen) atoms. The van der Waals surface area contributed by atoms with Crippen molar-refractivity contribution in [2.45, 2.75) is 31.1 Å². The number of nitrogens with one attached hydrogen (secondary N) is 1. The van der Waals surface area contributed by atoms with Gasteiger partial charge in [0.05, 0.1) is 12.1 Å². The molecule has 0 bridgehead atoms. The SMILES string of the molecule is O=C1CCC2(CN(C(=O)N3CCN(Cc4nc(C(F)(F)F)cs4)CC3)C2)N1. The predicted octanol–water partition coefficient (Wildman–Crippen LogP) is 1.36. The average molecular weight is 403 g/mol. The molecular formula is C16H20F3N5O2S. The molecule has 1 N–H and O–H groups in total. The molecule has 7 nitrogen and oxygen atoms in total. The molecule has 3 fully saturated rings. The van der Waals surface area contributed by atoms with E-state index in [9.17, 15) is 22.8 Å². The maximum atomic E-state index is 12.6. The van der Waals surface area contributed by atoms with Crippen molar-refractivity contribution in [3.05, 3.63) is 16.1 Å². The first kappa shape index (κ1) is 18.5. The molecule has 3 aliphatic rings. The van der Waals surface area contributed by atoms with Gasteiger partial charge in [-0.05, 0) is 6.42 Å². The van der Waals surface area contributed by atoms with Crippen LogP contribution in [-0.4, -0.2) is 76.4 Å². The van der Waals surface area contributed by atoms with Crippen LogP contribution in [0.25, 0.3) is 0 Å². The van der Waals surface area contributed by atoms with E-state index >= 15 is 0 Å². The summed E-state index contributed by atoms with van der Waals surface area (Å²) >= 11 is 1.01. The van der Waals surface area contributed by atoms with Crippen LogP contribution >= 0.6 is 11.3 Å². The highest BCUT2D eigenvalue weighted by Crippen LogP contribution is 2.32. The largest absolute Gasteiger partial charge is 0.434 e. The lowest BCUT2D eigenvalue weighted by molar-refractivity contribution is -0.140. The van der Waals surface area contributed by atoms with E-state index in [0.717, 1.165) is 23.1 Å².